The second-order valence-corrected chi connectivity index (χ2v) is 6.35. The fourth-order valence-corrected chi connectivity index (χ4v) is 3.23. The molecule has 1 aliphatic carbocycles. The fourth-order valence-electron chi connectivity index (χ4n) is 3.23. The molecular formula is C19H27NO4. The van der Waals surface area contributed by atoms with Crippen LogP contribution in [0, 0.1) is 5.92 Å². The van der Waals surface area contributed by atoms with Gasteiger partial charge in [-0.3, -0.25) is 4.79 Å². The largest absolute Gasteiger partial charge is 0.496 e. The average molecular weight is 333 g/mol. The number of rotatable bonds is 7. The summed E-state index contributed by atoms with van der Waals surface area (Å²) in [6, 6.07) is 5.26. The Balaban J connectivity index is 1.84. The Morgan fingerprint density at radius 2 is 1.92 bits per heavy atom. The van der Waals surface area contributed by atoms with E-state index in [1.807, 2.05) is 6.07 Å². The van der Waals surface area contributed by atoms with E-state index in [0.29, 0.717) is 30.2 Å². The Labute approximate surface area is 143 Å². The third-order valence-corrected chi connectivity index (χ3v) is 4.66. The molecule has 132 valence electrons. The number of carbonyl (C=O) groups is 2. The third kappa shape index (κ3) is 5.25. The molecule has 1 N–H and O–H groups in total. The van der Waals surface area contributed by atoms with Gasteiger partial charge in [0.25, 0.3) is 0 Å². The minimum atomic E-state index is -0.447. The van der Waals surface area contributed by atoms with Gasteiger partial charge in [-0.1, -0.05) is 38.2 Å². The summed E-state index contributed by atoms with van der Waals surface area (Å²) >= 11 is 0. The summed E-state index contributed by atoms with van der Waals surface area (Å²) in [6.45, 7) is 0.400. The number of ether oxygens (including phenoxy) is 2. The van der Waals surface area contributed by atoms with Gasteiger partial charge in [-0.15, -0.1) is 0 Å². The standard InChI is InChI=1S/C19H27NO4/c1-23-17-10-8-15(12-16(17)19(22)24-2)13-20-18(21)11-9-14-6-4-3-5-7-14/h8,10,12,14H,3-7,9,11,13H2,1-2H3,(H,20,21). The molecule has 0 saturated heterocycles. The predicted octanol–water partition coefficient (Wildman–Crippen LogP) is 3.46. The van der Waals surface area contributed by atoms with Crippen LogP contribution in [0.1, 0.15) is 60.9 Å². The minimum Gasteiger partial charge on any atom is -0.496 e. The highest BCUT2D eigenvalue weighted by Crippen LogP contribution is 2.27. The van der Waals surface area contributed by atoms with Gasteiger partial charge in [-0.25, -0.2) is 4.79 Å². The Hall–Kier alpha value is -2.04. The van der Waals surface area contributed by atoms with Gasteiger partial charge < -0.3 is 14.8 Å². The highest BCUT2D eigenvalue weighted by molar-refractivity contribution is 5.92. The molecule has 0 unspecified atom stereocenters. The van der Waals surface area contributed by atoms with Crippen molar-refractivity contribution in [2.45, 2.75) is 51.5 Å². The van der Waals surface area contributed by atoms with Gasteiger partial charge >= 0.3 is 5.97 Å². The molecule has 1 amide bonds. The van der Waals surface area contributed by atoms with Crippen molar-refractivity contribution in [3.63, 3.8) is 0 Å². The zero-order chi connectivity index (χ0) is 17.4. The Kier molecular flexibility index (Phi) is 7.09. The normalized spacial score (nSPS) is 14.9. The van der Waals surface area contributed by atoms with Crippen molar-refractivity contribution < 1.29 is 19.1 Å². The maximum atomic E-state index is 12.0. The lowest BCUT2D eigenvalue weighted by molar-refractivity contribution is -0.121. The van der Waals surface area contributed by atoms with E-state index >= 15 is 0 Å². The van der Waals surface area contributed by atoms with Crippen LogP contribution in [0.5, 0.6) is 5.75 Å². The van der Waals surface area contributed by atoms with Crippen LogP contribution in [0.15, 0.2) is 18.2 Å². The van der Waals surface area contributed by atoms with Crippen LogP contribution < -0.4 is 10.1 Å². The second kappa shape index (κ2) is 9.30. The Morgan fingerprint density at radius 3 is 2.58 bits per heavy atom. The van der Waals surface area contributed by atoms with Gasteiger partial charge in [0.05, 0.1) is 14.2 Å². The molecule has 0 aromatic heterocycles. The molecule has 5 heteroatoms. The summed E-state index contributed by atoms with van der Waals surface area (Å²) in [6.07, 6.45) is 8.00. The number of hydrogen-bond donors (Lipinski definition) is 1. The lowest BCUT2D eigenvalue weighted by atomic mass is 9.86. The quantitative estimate of drug-likeness (QED) is 0.776. The number of amides is 1. The maximum Gasteiger partial charge on any atom is 0.341 e. The Bertz CT molecular complexity index is 564. The van der Waals surface area contributed by atoms with Gasteiger partial charge in [-0.2, -0.15) is 0 Å². The molecule has 24 heavy (non-hydrogen) atoms. The average Bonchev–Trinajstić information content (AvgIpc) is 2.64. The summed E-state index contributed by atoms with van der Waals surface area (Å²) in [4.78, 5) is 23.8. The third-order valence-electron chi connectivity index (χ3n) is 4.66. The van der Waals surface area contributed by atoms with Crippen molar-refractivity contribution >= 4 is 11.9 Å². The van der Waals surface area contributed by atoms with Crippen LogP contribution in [0.2, 0.25) is 0 Å². The van der Waals surface area contributed by atoms with Crippen molar-refractivity contribution in [3.8, 4) is 5.75 Å². The summed E-state index contributed by atoms with van der Waals surface area (Å²) in [5.74, 6) is 0.791. The van der Waals surface area contributed by atoms with Crippen LogP contribution >= 0.6 is 0 Å². The van der Waals surface area contributed by atoms with Crippen molar-refractivity contribution in [2.24, 2.45) is 5.92 Å². The first kappa shape index (κ1) is 18.3. The fraction of sp³-hybridized carbons (Fsp3) is 0.579. The van der Waals surface area contributed by atoms with Crippen LogP contribution in [0.4, 0.5) is 0 Å². The van der Waals surface area contributed by atoms with Gasteiger partial charge in [0.2, 0.25) is 5.91 Å². The molecule has 0 aliphatic heterocycles. The topological polar surface area (TPSA) is 64.6 Å². The van der Waals surface area contributed by atoms with E-state index in [9.17, 15) is 9.59 Å². The van der Waals surface area contributed by atoms with E-state index in [1.165, 1.54) is 46.3 Å². The lowest BCUT2D eigenvalue weighted by Gasteiger charge is -2.21. The molecule has 5 nitrogen and oxygen atoms in total. The summed E-state index contributed by atoms with van der Waals surface area (Å²) in [5.41, 5.74) is 1.22. The lowest BCUT2D eigenvalue weighted by Crippen LogP contribution is -2.23. The van der Waals surface area contributed by atoms with E-state index < -0.39 is 5.97 Å². The van der Waals surface area contributed by atoms with Crippen molar-refractivity contribution in [1.82, 2.24) is 5.32 Å². The molecule has 1 fully saturated rings. The molecule has 1 aromatic rings. The van der Waals surface area contributed by atoms with E-state index in [0.717, 1.165) is 12.0 Å². The van der Waals surface area contributed by atoms with Gasteiger partial charge in [0.1, 0.15) is 11.3 Å². The predicted molar refractivity (Wildman–Crippen MR) is 92.0 cm³/mol. The number of hydrogen-bond acceptors (Lipinski definition) is 4. The SMILES string of the molecule is COC(=O)c1cc(CNC(=O)CCC2CCCCC2)ccc1OC. The van der Waals surface area contributed by atoms with Crippen molar-refractivity contribution in [2.75, 3.05) is 14.2 Å². The minimum absolute atomic E-state index is 0.0657. The zero-order valence-electron chi connectivity index (χ0n) is 14.6. The molecule has 0 spiro atoms. The van der Waals surface area contributed by atoms with E-state index in [4.69, 9.17) is 9.47 Å². The first-order valence-electron chi connectivity index (χ1n) is 8.66. The highest BCUT2D eigenvalue weighted by atomic mass is 16.5. The van der Waals surface area contributed by atoms with Crippen LogP contribution in [-0.4, -0.2) is 26.1 Å². The number of nitrogens with one attached hydrogen (secondary N) is 1. The monoisotopic (exact) mass is 333 g/mol. The van der Waals surface area contributed by atoms with Gasteiger partial charge in [0.15, 0.2) is 0 Å². The first-order valence-corrected chi connectivity index (χ1v) is 8.66. The van der Waals surface area contributed by atoms with Gasteiger partial charge in [-0.05, 0) is 30.0 Å². The first-order chi connectivity index (χ1) is 11.6. The molecule has 0 atom stereocenters. The van der Waals surface area contributed by atoms with Crippen LogP contribution in [0.3, 0.4) is 0 Å². The van der Waals surface area contributed by atoms with E-state index in [-0.39, 0.29) is 5.91 Å². The second-order valence-electron chi connectivity index (χ2n) is 6.35. The zero-order valence-corrected chi connectivity index (χ0v) is 14.6. The molecule has 0 bridgehead atoms. The van der Waals surface area contributed by atoms with Crippen LogP contribution in [0.25, 0.3) is 0 Å². The van der Waals surface area contributed by atoms with Crippen LogP contribution in [-0.2, 0) is 16.1 Å². The maximum absolute atomic E-state index is 12.0. The molecule has 0 heterocycles. The molecule has 0 radical (unpaired) electrons. The van der Waals surface area contributed by atoms with E-state index in [2.05, 4.69) is 5.32 Å². The van der Waals surface area contributed by atoms with Gasteiger partial charge in [0, 0.05) is 13.0 Å². The molecular weight excluding hydrogens is 306 g/mol. The number of methoxy groups -OCH3 is 2. The number of benzene rings is 1. The van der Waals surface area contributed by atoms with E-state index in [1.54, 1.807) is 12.1 Å². The smallest absolute Gasteiger partial charge is 0.341 e. The van der Waals surface area contributed by atoms with Crippen molar-refractivity contribution in [1.29, 1.82) is 0 Å². The number of esters is 1. The molecule has 1 saturated carbocycles. The summed E-state index contributed by atoms with van der Waals surface area (Å²) in [7, 11) is 2.84. The summed E-state index contributed by atoms with van der Waals surface area (Å²) < 4.78 is 9.93. The molecule has 1 aliphatic rings. The van der Waals surface area contributed by atoms with Crippen molar-refractivity contribution in [3.05, 3.63) is 29.3 Å². The summed E-state index contributed by atoms with van der Waals surface area (Å²) in [5, 5.41) is 2.93. The molecule has 1 aromatic carbocycles. The molecule has 2 rings (SSSR count). The highest BCUT2D eigenvalue weighted by Gasteiger charge is 2.16. The Morgan fingerprint density at radius 1 is 1.17 bits per heavy atom. The number of carbonyl (C=O) groups excluding carboxylic acids is 2.